The van der Waals surface area contributed by atoms with Gasteiger partial charge in [0.1, 0.15) is 0 Å². The van der Waals surface area contributed by atoms with Crippen LogP contribution >= 0.6 is 0 Å². The van der Waals surface area contributed by atoms with Gasteiger partial charge in [-0.1, -0.05) is 6.07 Å². The Hall–Kier alpha value is -1.79. The SMILES string of the molecule is COC(=O)c1ccc2c(B3OC(C)(C)C(C)(C)O3)c[nH]c2c1. The summed E-state index contributed by atoms with van der Waals surface area (Å²) in [4.78, 5) is 14.8. The molecule has 1 aromatic heterocycles. The zero-order chi connectivity index (χ0) is 16.1. The molecule has 1 fully saturated rings. The number of rotatable bonds is 2. The van der Waals surface area contributed by atoms with Crippen molar-refractivity contribution in [3.8, 4) is 0 Å². The van der Waals surface area contributed by atoms with Gasteiger partial charge >= 0.3 is 13.1 Å². The molecule has 0 saturated carbocycles. The number of methoxy groups -OCH3 is 1. The second kappa shape index (κ2) is 4.86. The van der Waals surface area contributed by atoms with Crippen molar-refractivity contribution < 1.29 is 18.8 Å². The summed E-state index contributed by atoms with van der Waals surface area (Å²) in [5, 5.41) is 0.978. The molecular weight excluding hydrogens is 281 g/mol. The standard InChI is InChI=1S/C16H20BNO4/c1-15(2)16(3,4)22-17(21-15)12-9-18-13-8-10(14(19)20-5)6-7-11(12)13/h6-9,18H,1-5H3. The highest BCUT2D eigenvalue weighted by molar-refractivity contribution is 6.65. The highest BCUT2D eigenvalue weighted by atomic mass is 16.7. The predicted octanol–water partition coefficient (Wildman–Crippen LogP) is 2.25. The number of aromatic amines is 1. The first-order chi connectivity index (χ1) is 10.2. The van der Waals surface area contributed by atoms with E-state index in [1.807, 2.05) is 40.0 Å². The molecular formula is C16H20BNO4. The average molecular weight is 301 g/mol. The Morgan fingerprint density at radius 2 is 1.82 bits per heavy atom. The van der Waals surface area contributed by atoms with Crippen molar-refractivity contribution in [1.82, 2.24) is 4.98 Å². The molecule has 0 aliphatic carbocycles. The van der Waals surface area contributed by atoms with E-state index in [9.17, 15) is 4.79 Å². The number of carbonyl (C=O) groups is 1. The van der Waals surface area contributed by atoms with Gasteiger partial charge in [-0.3, -0.25) is 0 Å². The predicted molar refractivity (Wildman–Crippen MR) is 85.4 cm³/mol. The number of esters is 1. The van der Waals surface area contributed by atoms with Crippen molar-refractivity contribution in [2.45, 2.75) is 38.9 Å². The van der Waals surface area contributed by atoms with Crippen molar-refractivity contribution in [3.05, 3.63) is 30.0 Å². The van der Waals surface area contributed by atoms with Gasteiger partial charge in [0.05, 0.1) is 23.9 Å². The van der Waals surface area contributed by atoms with Gasteiger partial charge in [-0.25, -0.2) is 4.79 Å². The molecule has 1 aliphatic heterocycles. The first kappa shape index (κ1) is 15.1. The third kappa shape index (κ3) is 2.23. The molecule has 0 atom stereocenters. The Labute approximate surface area is 130 Å². The number of fused-ring (bicyclic) bond motifs is 1. The first-order valence-electron chi connectivity index (χ1n) is 7.30. The van der Waals surface area contributed by atoms with Gasteiger partial charge in [-0.05, 0) is 45.2 Å². The van der Waals surface area contributed by atoms with Crippen molar-refractivity contribution >= 4 is 29.5 Å². The third-order valence-electron chi connectivity index (χ3n) is 4.64. The molecule has 0 radical (unpaired) electrons. The zero-order valence-corrected chi connectivity index (χ0v) is 13.5. The van der Waals surface area contributed by atoms with Crippen LogP contribution < -0.4 is 5.46 Å². The van der Waals surface area contributed by atoms with Gasteiger partial charge in [0.25, 0.3) is 0 Å². The van der Waals surface area contributed by atoms with Crippen LogP contribution in [-0.4, -0.2) is 36.4 Å². The lowest BCUT2D eigenvalue weighted by Crippen LogP contribution is -2.41. The third-order valence-corrected chi connectivity index (χ3v) is 4.64. The van der Waals surface area contributed by atoms with E-state index < -0.39 is 7.12 Å². The average Bonchev–Trinajstić information content (AvgIpc) is 2.96. The summed E-state index contributed by atoms with van der Waals surface area (Å²) in [6.07, 6.45) is 1.87. The minimum absolute atomic E-state index is 0.353. The Kier molecular flexibility index (Phi) is 3.34. The van der Waals surface area contributed by atoms with E-state index in [0.29, 0.717) is 5.56 Å². The Balaban J connectivity index is 1.98. The number of aromatic nitrogens is 1. The van der Waals surface area contributed by atoms with Crippen LogP contribution in [0.4, 0.5) is 0 Å². The molecule has 0 bridgehead atoms. The molecule has 1 saturated heterocycles. The van der Waals surface area contributed by atoms with E-state index in [1.165, 1.54) is 7.11 Å². The number of carbonyl (C=O) groups excluding carboxylic acids is 1. The van der Waals surface area contributed by atoms with E-state index in [0.717, 1.165) is 16.4 Å². The second-order valence-corrected chi connectivity index (χ2v) is 6.58. The molecule has 0 spiro atoms. The number of hydrogen-bond acceptors (Lipinski definition) is 4. The van der Waals surface area contributed by atoms with E-state index in [-0.39, 0.29) is 17.2 Å². The molecule has 3 rings (SSSR count). The van der Waals surface area contributed by atoms with Crippen LogP contribution in [0.1, 0.15) is 38.1 Å². The van der Waals surface area contributed by atoms with Crippen molar-refractivity contribution in [2.75, 3.05) is 7.11 Å². The van der Waals surface area contributed by atoms with E-state index in [2.05, 4.69) is 4.98 Å². The molecule has 5 nitrogen and oxygen atoms in total. The van der Waals surface area contributed by atoms with Gasteiger partial charge in [-0.15, -0.1) is 0 Å². The van der Waals surface area contributed by atoms with Crippen LogP contribution in [0.3, 0.4) is 0 Å². The first-order valence-corrected chi connectivity index (χ1v) is 7.30. The largest absolute Gasteiger partial charge is 0.497 e. The van der Waals surface area contributed by atoms with E-state index in [4.69, 9.17) is 14.0 Å². The lowest BCUT2D eigenvalue weighted by atomic mass is 9.79. The summed E-state index contributed by atoms with van der Waals surface area (Å²) in [5.74, 6) is -0.353. The van der Waals surface area contributed by atoms with Gasteiger partial charge in [0.2, 0.25) is 0 Å². The van der Waals surface area contributed by atoms with Crippen LogP contribution in [0.5, 0.6) is 0 Å². The smallest absolute Gasteiger partial charge is 0.465 e. The number of nitrogens with one attached hydrogen (secondary N) is 1. The molecule has 2 heterocycles. The molecule has 116 valence electrons. The molecule has 0 unspecified atom stereocenters. The number of hydrogen-bond donors (Lipinski definition) is 1. The summed E-state index contributed by atoms with van der Waals surface area (Å²) in [6, 6.07) is 5.41. The molecule has 1 aromatic carbocycles. The van der Waals surface area contributed by atoms with Crippen LogP contribution in [0.15, 0.2) is 24.4 Å². The summed E-state index contributed by atoms with van der Waals surface area (Å²) in [6.45, 7) is 8.10. The van der Waals surface area contributed by atoms with Crippen LogP contribution in [0.25, 0.3) is 10.9 Å². The minimum Gasteiger partial charge on any atom is -0.465 e. The Morgan fingerprint density at radius 1 is 1.18 bits per heavy atom. The van der Waals surface area contributed by atoms with Crippen LogP contribution in [0, 0.1) is 0 Å². The van der Waals surface area contributed by atoms with Gasteiger partial charge in [0.15, 0.2) is 0 Å². The van der Waals surface area contributed by atoms with Crippen LogP contribution in [-0.2, 0) is 14.0 Å². The fraction of sp³-hybridized carbons (Fsp3) is 0.438. The lowest BCUT2D eigenvalue weighted by molar-refractivity contribution is 0.00578. The monoisotopic (exact) mass is 301 g/mol. The number of ether oxygens (including phenoxy) is 1. The highest BCUT2D eigenvalue weighted by Crippen LogP contribution is 2.37. The maximum atomic E-state index is 11.6. The Morgan fingerprint density at radius 3 is 2.41 bits per heavy atom. The maximum Gasteiger partial charge on any atom is 0.497 e. The minimum atomic E-state index is -0.428. The highest BCUT2D eigenvalue weighted by Gasteiger charge is 2.52. The summed E-state index contributed by atoms with van der Waals surface area (Å²) >= 11 is 0. The summed E-state index contributed by atoms with van der Waals surface area (Å²) in [5.41, 5.74) is 1.54. The van der Waals surface area contributed by atoms with Crippen molar-refractivity contribution in [3.63, 3.8) is 0 Å². The Bertz CT molecular complexity index is 719. The number of H-pyrrole nitrogens is 1. The molecule has 22 heavy (non-hydrogen) atoms. The van der Waals surface area contributed by atoms with Gasteiger partial charge in [-0.2, -0.15) is 0 Å². The second-order valence-electron chi connectivity index (χ2n) is 6.58. The topological polar surface area (TPSA) is 60.6 Å². The van der Waals surface area contributed by atoms with Crippen LogP contribution in [0.2, 0.25) is 0 Å². The summed E-state index contributed by atoms with van der Waals surface area (Å²) < 4.78 is 16.9. The van der Waals surface area contributed by atoms with Gasteiger partial charge in [0, 0.05) is 17.2 Å². The molecule has 1 aliphatic rings. The normalized spacial score (nSPS) is 19.6. The summed E-state index contributed by atoms with van der Waals surface area (Å²) in [7, 11) is 0.944. The molecule has 2 aromatic rings. The lowest BCUT2D eigenvalue weighted by Gasteiger charge is -2.32. The van der Waals surface area contributed by atoms with Crippen molar-refractivity contribution in [1.29, 1.82) is 0 Å². The zero-order valence-electron chi connectivity index (χ0n) is 13.5. The fourth-order valence-electron chi connectivity index (χ4n) is 2.56. The molecule has 6 heteroatoms. The number of benzene rings is 1. The van der Waals surface area contributed by atoms with E-state index in [1.54, 1.807) is 12.1 Å². The quantitative estimate of drug-likeness (QED) is 0.683. The molecule has 1 N–H and O–H groups in total. The van der Waals surface area contributed by atoms with E-state index >= 15 is 0 Å². The fourth-order valence-corrected chi connectivity index (χ4v) is 2.56. The molecule has 0 amide bonds. The van der Waals surface area contributed by atoms with Crippen molar-refractivity contribution in [2.24, 2.45) is 0 Å². The maximum absolute atomic E-state index is 11.6. The van der Waals surface area contributed by atoms with Gasteiger partial charge < -0.3 is 19.0 Å².